The number of nitrogens with zero attached hydrogens (tertiary/aromatic N) is 2. The molecule has 0 unspecified atom stereocenters. The number of hydrogen-bond acceptors (Lipinski definition) is 3. The van der Waals surface area contributed by atoms with Gasteiger partial charge in [0.1, 0.15) is 11.6 Å². The van der Waals surface area contributed by atoms with Crippen molar-refractivity contribution in [1.29, 1.82) is 5.26 Å². The molecule has 0 aliphatic carbocycles. The normalized spacial score (nSPS) is 11.5. The molecular formula is C26H19F3N2O3. The van der Waals surface area contributed by atoms with Gasteiger partial charge in [-0.05, 0) is 48.0 Å². The van der Waals surface area contributed by atoms with E-state index in [1.807, 2.05) is 0 Å². The molecule has 0 amide bonds. The summed E-state index contributed by atoms with van der Waals surface area (Å²) < 4.78 is 44.0. The van der Waals surface area contributed by atoms with Crippen LogP contribution in [0.4, 0.5) is 13.2 Å². The van der Waals surface area contributed by atoms with E-state index in [-0.39, 0.29) is 28.5 Å². The lowest BCUT2D eigenvalue weighted by Gasteiger charge is -2.26. The van der Waals surface area contributed by atoms with Crippen molar-refractivity contribution in [2.75, 3.05) is 0 Å². The van der Waals surface area contributed by atoms with E-state index in [1.54, 1.807) is 18.4 Å². The number of phenols is 1. The molecule has 8 heteroatoms. The molecule has 4 rings (SSSR count). The van der Waals surface area contributed by atoms with Crippen LogP contribution in [-0.4, -0.2) is 20.7 Å². The number of aromatic hydroxyl groups is 1. The molecule has 0 bridgehead atoms. The average molecular weight is 464 g/mol. The first kappa shape index (κ1) is 22.9. The highest BCUT2D eigenvalue weighted by Crippen LogP contribution is 2.46. The van der Waals surface area contributed by atoms with Crippen molar-refractivity contribution in [1.82, 2.24) is 4.57 Å². The number of fused-ring (bicyclic) bond motifs is 1. The molecule has 1 heterocycles. The zero-order chi connectivity index (χ0) is 24.8. The van der Waals surface area contributed by atoms with E-state index in [2.05, 4.69) is 6.07 Å². The van der Waals surface area contributed by atoms with Crippen molar-refractivity contribution in [2.45, 2.75) is 25.7 Å². The smallest absolute Gasteiger partial charge is 0.335 e. The first-order valence-corrected chi connectivity index (χ1v) is 10.3. The number of rotatable bonds is 5. The Morgan fingerprint density at radius 1 is 1.03 bits per heavy atom. The number of carboxylic acids is 1. The first-order chi connectivity index (χ1) is 16.0. The third kappa shape index (κ3) is 3.75. The van der Waals surface area contributed by atoms with Gasteiger partial charge in [-0.3, -0.25) is 0 Å². The molecule has 0 aliphatic rings. The number of hydrogen-bond donors (Lipinski definition) is 2. The Bertz CT molecular complexity index is 1480. The van der Waals surface area contributed by atoms with Gasteiger partial charge in [-0.25, -0.2) is 18.0 Å². The minimum atomic E-state index is -1.12. The second-order valence-electron chi connectivity index (χ2n) is 8.58. The van der Waals surface area contributed by atoms with E-state index in [1.165, 1.54) is 36.4 Å². The molecule has 0 spiro atoms. The fourth-order valence-electron chi connectivity index (χ4n) is 4.24. The Balaban J connectivity index is 2.21. The molecule has 0 radical (unpaired) electrons. The number of aromatic carboxylic acids is 1. The molecule has 1 aromatic heterocycles. The van der Waals surface area contributed by atoms with Gasteiger partial charge in [-0.1, -0.05) is 19.9 Å². The zero-order valence-corrected chi connectivity index (χ0v) is 18.2. The molecule has 0 fully saturated rings. The lowest BCUT2D eigenvalue weighted by molar-refractivity contribution is 0.0697. The Hall–Kier alpha value is -4.25. The van der Waals surface area contributed by atoms with E-state index in [4.69, 9.17) is 0 Å². The predicted octanol–water partition coefficient (Wildman–Crippen LogP) is 6.31. The Labute approximate surface area is 192 Å². The van der Waals surface area contributed by atoms with E-state index in [9.17, 15) is 33.4 Å². The van der Waals surface area contributed by atoms with Crippen LogP contribution in [0.3, 0.4) is 0 Å². The monoisotopic (exact) mass is 464 g/mol. The third-order valence-electron chi connectivity index (χ3n) is 5.75. The summed E-state index contributed by atoms with van der Waals surface area (Å²) in [5, 5.41) is 29.7. The number of halogens is 3. The summed E-state index contributed by atoms with van der Waals surface area (Å²) in [5.41, 5.74) is 0.759. The molecule has 34 heavy (non-hydrogen) atoms. The molecule has 172 valence electrons. The van der Waals surface area contributed by atoms with Gasteiger partial charge in [-0.15, -0.1) is 0 Å². The van der Waals surface area contributed by atoms with Crippen LogP contribution in [0.2, 0.25) is 0 Å². The second kappa shape index (κ2) is 8.27. The van der Waals surface area contributed by atoms with Crippen LogP contribution in [0.25, 0.3) is 27.7 Å². The van der Waals surface area contributed by atoms with Gasteiger partial charge in [0.2, 0.25) is 0 Å². The highest BCUT2D eigenvalue weighted by Gasteiger charge is 2.33. The van der Waals surface area contributed by atoms with Crippen LogP contribution >= 0.6 is 0 Å². The van der Waals surface area contributed by atoms with Crippen molar-refractivity contribution >= 4 is 16.9 Å². The number of nitriles is 1. The Kier molecular flexibility index (Phi) is 5.57. The molecule has 0 saturated heterocycles. The van der Waals surface area contributed by atoms with Crippen LogP contribution in [0.1, 0.15) is 36.3 Å². The number of phenolic OH excluding ortho intramolecular Hbond substituents is 1. The van der Waals surface area contributed by atoms with Crippen molar-refractivity contribution < 1.29 is 28.2 Å². The summed E-state index contributed by atoms with van der Waals surface area (Å²) >= 11 is 0. The first-order valence-electron chi connectivity index (χ1n) is 10.3. The van der Waals surface area contributed by atoms with Gasteiger partial charge in [0.15, 0.2) is 11.6 Å². The van der Waals surface area contributed by atoms with Crippen LogP contribution in [-0.2, 0) is 5.41 Å². The maximum atomic E-state index is 14.4. The van der Waals surface area contributed by atoms with Gasteiger partial charge in [0, 0.05) is 40.2 Å². The number of aromatic nitrogens is 1. The molecule has 5 nitrogen and oxygen atoms in total. The minimum Gasteiger partial charge on any atom is -0.506 e. The molecular weight excluding hydrogens is 445 g/mol. The van der Waals surface area contributed by atoms with Crippen LogP contribution in [0.5, 0.6) is 5.75 Å². The largest absolute Gasteiger partial charge is 0.506 e. The van der Waals surface area contributed by atoms with Crippen LogP contribution in [0.15, 0.2) is 54.6 Å². The van der Waals surface area contributed by atoms with Crippen molar-refractivity contribution in [3.8, 4) is 28.6 Å². The summed E-state index contributed by atoms with van der Waals surface area (Å²) in [6, 6.07) is 13.3. The quantitative estimate of drug-likeness (QED) is 0.362. The minimum absolute atomic E-state index is 0.0104. The van der Waals surface area contributed by atoms with E-state index < -0.39 is 34.6 Å². The Morgan fingerprint density at radius 3 is 2.29 bits per heavy atom. The lowest BCUT2D eigenvalue weighted by Crippen LogP contribution is -2.22. The Morgan fingerprint density at radius 2 is 1.71 bits per heavy atom. The van der Waals surface area contributed by atoms with E-state index in [0.717, 1.165) is 18.2 Å². The van der Waals surface area contributed by atoms with Crippen LogP contribution < -0.4 is 0 Å². The number of benzene rings is 3. The number of carbonyl (C=O) groups is 1. The summed E-state index contributed by atoms with van der Waals surface area (Å²) in [4.78, 5) is 11.3. The van der Waals surface area contributed by atoms with Gasteiger partial charge in [0.25, 0.3) is 0 Å². The molecule has 0 atom stereocenters. The van der Waals surface area contributed by atoms with Gasteiger partial charge in [0.05, 0.1) is 17.1 Å². The molecule has 0 aliphatic heterocycles. The second-order valence-corrected chi connectivity index (χ2v) is 8.58. The van der Waals surface area contributed by atoms with E-state index >= 15 is 0 Å². The van der Waals surface area contributed by atoms with Crippen LogP contribution in [0, 0.1) is 28.8 Å². The molecule has 4 aromatic rings. The standard InChI is InChI=1S/C26H19F3N2O3/c1-26(2,9-10-30)24-22(15-5-8-19(28)20(29)11-15)18-12-16(27)13-21(32)23(18)31(24)17-6-3-14(4-7-17)25(33)34/h3-8,11-13,32H,9H2,1-2H3,(H,33,34). The van der Waals surface area contributed by atoms with Gasteiger partial charge >= 0.3 is 5.97 Å². The summed E-state index contributed by atoms with van der Waals surface area (Å²) in [6.45, 7) is 3.53. The summed E-state index contributed by atoms with van der Waals surface area (Å²) in [7, 11) is 0. The zero-order valence-electron chi connectivity index (χ0n) is 18.2. The SMILES string of the molecule is CC(C)(CC#N)c1c(-c2ccc(F)c(F)c2)c2cc(F)cc(O)c2n1-c1ccc(C(=O)O)cc1. The number of carboxylic acid groups (broad SMARTS) is 1. The van der Waals surface area contributed by atoms with Crippen molar-refractivity contribution in [2.24, 2.45) is 0 Å². The van der Waals surface area contributed by atoms with Crippen molar-refractivity contribution in [3.05, 3.63) is 83.3 Å². The fraction of sp³-hybridized carbons (Fsp3) is 0.154. The van der Waals surface area contributed by atoms with E-state index in [0.29, 0.717) is 16.9 Å². The maximum Gasteiger partial charge on any atom is 0.335 e. The summed E-state index contributed by atoms with van der Waals surface area (Å²) in [6.07, 6.45) is 0.0104. The fourth-order valence-corrected chi connectivity index (χ4v) is 4.24. The molecule has 2 N–H and O–H groups in total. The van der Waals surface area contributed by atoms with Crippen molar-refractivity contribution in [3.63, 3.8) is 0 Å². The van der Waals surface area contributed by atoms with Gasteiger partial charge < -0.3 is 14.8 Å². The third-order valence-corrected chi connectivity index (χ3v) is 5.75. The lowest BCUT2D eigenvalue weighted by atomic mass is 9.82. The maximum absolute atomic E-state index is 14.4. The van der Waals surface area contributed by atoms with Gasteiger partial charge in [-0.2, -0.15) is 5.26 Å². The molecule has 3 aromatic carbocycles. The highest BCUT2D eigenvalue weighted by molar-refractivity contribution is 6.02. The highest BCUT2D eigenvalue weighted by atomic mass is 19.2. The summed E-state index contributed by atoms with van der Waals surface area (Å²) in [5.74, 6) is -4.42. The average Bonchev–Trinajstić information content (AvgIpc) is 3.12. The predicted molar refractivity (Wildman–Crippen MR) is 120 cm³/mol. The molecule has 0 saturated carbocycles. The topological polar surface area (TPSA) is 86.2 Å².